The monoisotopic (exact) mass is 692 g/mol. The highest BCUT2D eigenvalue weighted by atomic mass is 32.3. The van der Waals surface area contributed by atoms with Crippen molar-refractivity contribution >= 4 is 19.2 Å². The van der Waals surface area contributed by atoms with Gasteiger partial charge in [-0.25, -0.2) is 4.18 Å². The Morgan fingerprint density at radius 1 is 0.935 bits per heavy atom. The van der Waals surface area contributed by atoms with Crippen LogP contribution in [0.2, 0.25) is 12.6 Å². The molecule has 1 heterocycles. The molecular formula is C34H68N2O8SSi. The molecule has 1 aliphatic heterocycles. The highest BCUT2D eigenvalue weighted by molar-refractivity contribution is 7.80. The molecule has 0 aromatic carbocycles. The van der Waals surface area contributed by atoms with Gasteiger partial charge in [-0.05, 0) is 119 Å². The zero-order valence-corrected chi connectivity index (χ0v) is 31.4. The Morgan fingerprint density at radius 3 is 2.26 bits per heavy atom. The summed E-state index contributed by atoms with van der Waals surface area (Å²) in [6, 6.07) is 1.31. The molecule has 0 bridgehead atoms. The molecule has 12 heteroatoms. The van der Waals surface area contributed by atoms with E-state index >= 15 is 0 Å². The van der Waals surface area contributed by atoms with Crippen molar-refractivity contribution < 1.29 is 36.5 Å². The number of hydrogen-bond donors (Lipinski definition) is 4. The van der Waals surface area contributed by atoms with E-state index in [1.54, 1.807) is 0 Å². The normalized spacial score (nSPS) is 28.5. The van der Waals surface area contributed by atoms with Crippen LogP contribution >= 0.6 is 0 Å². The van der Waals surface area contributed by atoms with Crippen LogP contribution in [0.15, 0.2) is 0 Å². The summed E-state index contributed by atoms with van der Waals surface area (Å²) in [6.45, 7) is 15.0. The van der Waals surface area contributed by atoms with Crippen molar-refractivity contribution in [2.24, 2.45) is 29.1 Å². The fourth-order valence-corrected chi connectivity index (χ4v) is 10.7. The highest BCUT2D eigenvalue weighted by Crippen LogP contribution is 2.49. The number of rotatable bonds is 22. The lowest BCUT2D eigenvalue weighted by molar-refractivity contribution is -0.0473. The van der Waals surface area contributed by atoms with Gasteiger partial charge in [0.05, 0.1) is 40.8 Å². The maximum atomic E-state index is 10.6. The first kappa shape index (κ1) is 40.3. The number of ether oxygens (including phenoxy) is 3. The predicted octanol–water partition coefficient (Wildman–Crippen LogP) is 4.76. The standard InChI is InChI=1S/C34H68N2O8SSi/c1-27(22-36-18-20-44-45(38,39)40)24-41-25-28-9-11-29(12-10-28)34(2,3)30-13-15-32(16-14-30)43-26-31(37)23-35-17-7-21-46(4)33-8-5-6-19-42-33/h27-33,35-37,46H,5-26H2,1-4H3,(H,38,39,40). The summed E-state index contributed by atoms with van der Waals surface area (Å²) in [5.74, 6) is 2.43. The van der Waals surface area contributed by atoms with Gasteiger partial charge < -0.3 is 30.0 Å². The molecule has 4 unspecified atom stereocenters. The van der Waals surface area contributed by atoms with Crippen LogP contribution in [0, 0.1) is 29.1 Å². The molecule has 2 aliphatic carbocycles. The number of aliphatic hydroxyl groups is 1. The van der Waals surface area contributed by atoms with Gasteiger partial charge in [0.1, 0.15) is 0 Å². The first-order valence-electron chi connectivity index (χ1n) is 18.5. The highest BCUT2D eigenvalue weighted by Gasteiger charge is 2.40. The van der Waals surface area contributed by atoms with Gasteiger partial charge in [-0.2, -0.15) is 8.42 Å². The van der Waals surface area contributed by atoms with E-state index in [0.29, 0.717) is 55.8 Å². The third kappa shape index (κ3) is 15.6. The van der Waals surface area contributed by atoms with Gasteiger partial charge in [-0.3, -0.25) is 4.55 Å². The Morgan fingerprint density at radius 2 is 1.61 bits per heavy atom. The zero-order valence-electron chi connectivity index (χ0n) is 29.4. The van der Waals surface area contributed by atoms with E-state index in [9.17, 15) is 13.5 Å². The summed E-state index contributed by atoms with van der Waals surface area (Å²) >= 11 is 0. The molecule has 3 rings (SSSR count). The zero-order chi connectivity index (χ0) is 33.4. The first-order valence-corrected chi connectivity index (χ1v) is 22.5. The molecule has 0 aromatic heterocycles. The van der Waals surface area contributed by atoms with Crippen LogP contribution in [0.4, 0.5) is 0 Å². The second-order valence-electron chi connectivity index (χ2n) is 15.3. The summed E-state index contributed by atoms with van der Waals surface area (Å²) in [4.78, 5) is 0. The second kappa shape index (κ2) is 21.2. The minimum Gasteiger partial charge on any atom is -0.389 e. The third-order valence-corrected chi connectivity index (χ3v) is 14.7. The molecular weight excluding hydrogens is 625 g/mol. The maximum absolute atomic E-state index is 10.6. The molecule has 3 fully saturated rings. The van der Waals surface area contributed by atoms with E-state index in [2.05, 4.69) is 42.1 Å². The van der Waals surface area contributed by atoms with E-state index in [-0.39, 0.29) is 12.7 Å². The van der Waals surface area contributed by atoms with E-state index in [1.807, 2.05) is 0 Å². The minimum atomic E-state index is -4.37. The third-order valence-electron chi connectivity index (χ3n) is 11.2. The van der Waals surface area contributed by atoms with Crippen molar-refractivity contribution in [1.29, 1.82) is 0 Å². The van der Waals surface area contributed by atoms with Crippen LogP contribution in [-0.4, -0.2) is 104 Å². The molecule has 0 radical (unpaired) electrons. The minimum absolute atomic E-state index is 0.0820. The van der Waals surface area contributed by atoms with Crippen molar-refractivity contribution in [2.75, 3.05) is 59.2 Å². The van der Waals surface area contributed by atoms with Gasteiger partial charge in [0.25, 0.3) is 0 Å². The summed E-state index contributed by atoms with van der Waals surface area (Å²) in [6.07, 6.45) is 14.5. The molecule has 0 spiro atoms. The van der Waals surface area contributed by atoms with Crippen LogP contribution < -0.4 is 10.6 Å². The number of aliphatic hydroxyl groups excluding tert-OH is 1. The average molecular weight is 693 g/mol. The molecule has 1 saturated heterocycles. The van der Waals surface area contributed by atoms with Crippen molar-refractivity contribution in [3.05, 3.63) is 0 Å². The van der Waals surface area contributed by atoms with Crippen molar-refractivity contribution in [3.8, 4) is 0 Å². The number of hydrogen-bond acceptors (Lipinski definition) is 9. The predicted molar refractivity (Wildman–Crippen MR) is 186 cm³/mol. The van der Waals surface area contributed by atoms with E-state index in [1.165, 1.54) is 70.3 Å². The molecule has 10 nitrogen and oxygen atoms in total. The van der Waals surface area contributed by atoms with E-state index < -0.39 is 25.3 Å². The fourth-order valence-electron chi connectivity index (χ4n) is 7.97. The Bertz CT molecular complexity index is 907. The van der Waals surface area contributed by atoms with E-state index in [0.717, 1.165) is 44.4 Å². The summed E-state index contributed by atoms with van der Waals surface area (Å²) in [5.41, 5.74) is 0.910. The van der Waals surface area contributed by atoms with Crippen molar-refractivity contribution in [3.63, 3.8) is 0 Å². The van der Waals surface area contributed by atoms with Crippen LogP contribution in [0.3, 0.4) is 0 Å². The second-order valence-corrected chi connectivity index (χ2v) is 19.7. The Labute approximate surface area is 282 Å². The van der Waals surface area contributed by atoms with Gasteiger partial charge in [-0.15, -0.1) is 0 Å². The SMILES string of the molecule is CC(CNCCOS(=O)(=O)O)COCC1CCC(C(C)(C)C2CCC(OCC(O)CNCCC[SiH](C)C3CCCCO3)CC2)CC1. The lowest BCUT2D eigenvalue weighted by Crippen LogP contribution is -2.39. The molecule has 0 amide bonds. The van der Waals surface area contributed by atoms with Crippen LogP contribution in [-0.2, 0) is 28.8 Å². The topological polar surface area (TPSA) is 136 Å². The van der Waals surface area contributed by atoms with Gasteiger partial charge in [0.15, 0.2) is 0 Å². The molecule has 4 atom stereocenters. The van der Waals surface area contributed by atoms with Crippen molar-refractivity contribution in [1.82, 2.24) is 10.6 Å². The first-order chi connectivity index (χ1) is 21.9. The molecule has 272 valence electrons. The fraction of sp³-hybridized carbons (Fsp3) is 1.00. The van der Waals surface area contributed by atoms with Gasteiger partial charge in [-0.1, -0.05) is 33.4 Å². The van der Waals surface area contributed by atoms with Gasteiger partial charge in [0, 0.05) is 32.0 Å². The van der Waals surface area contributed by atoms with Crippen LogP contribution in [0.1, 0.15) is 97.8 Å². The van der Waals surface area contributed by atoms with Crippen LogP contribution in [0.5, 0.6) is 0 Å². The van der Waals surface area contributed by atoms with Crippen molar-refractivity contribution in [2.45, 2.75) is 128 Å². The molecule has 0 aromatic rings. The van der Waals surface area contributed by atoms with E-state index in [4.69, 9.17) is 18.8 Å². The molecule has 3 aliphatic rings. The maximum Gasteiger partial charge on any atom is 0.397 e. The lowest BCUT2D eigenvalue weighted by atomic mass is 9.60. The van der Waals surface area contributed by atoms with Crippen LogP contribution in [0.25, 0.3) is 0 Å². The number of nitrogens with one attached hydrogen (secondary N) is 2. The summed E-state index contributed by atoms with van der Waals surface area (Å²) in [5, 5.41) is 17.1. The van der Waals surface area contributed by atoms with Gasteiger partial charge >= 0.3 is 10.4 Å². The Balaban J connectivity index is 1.19. The summed E-state index contributed by atoms with van der Waals surface area (Å²) in [7, 11) is -5.17. The lowest BCUT2D eigenvalue weighted by Gasteiger charge is -2.46. The Hall–Kier alpha value is -0.153. The Kier molecular flexibility index (Phi) is 18.5. The average Bonchev–Trinajstić information content (AvgIpc) is 3.03. The molecule has 2 saturated carbocycles. The smallest absolute Gasteiger partial charge is 0.389 e. The quantitative estimate of drug-likeness (QED) is 0.0715. The largest absolute Gasteiger partial charge is 0.397 e. The molecule has 46 heavy (non-hydrogen) atoms. The van der Waals surface area contributed by atoms with Gasteiger partial charge in [0.2, 0.25) is 0 Å². The molecule has 4 N–H and O–H groups in total. The summed E-state index contributed by atoms with van der Waals surface area (Å²) < 4.78 is 52.3.